The van der Waals surface area contributed by atoms with Gasteiger partial charge in [0.15, 0.2) is 11.0 Å². The Kier molecular flexibility index (Phi) is 5.25. The number of rotatable bonds is 5. The molecule has 5 heteroatoms. The monoisotopic (exact) mass is 298 g/mol. The molecule has 0 aliphatic rings. The minimum absolute atomic E-state index is 0.118. The van der Waals surface area contributed by atoms with Crippen molar-refractivity contribution < 1.29 is 0 Å². The molecule has 0 saturated carbocycles. The van der Waals surface area contributed by atoms with Crippen LogP contribution in [0.5, 0.6) is 0 Å². The number of nitrogen functional groups attached to an aromatic ring is 1. The molecule has 0 amide bonds. The molecule has 1 aromatic rings. The van der Waals surface area contributed by atoms with Crippen LogP contribution in [0.4, 0.5) is 11.5 Å². The van der Waals surface area contributed by atoms with E-state index in [1.54, 1.807) is 0 Å². The molecular formula is C15H27ClN4. The zero-order valence-corrected chi connectivity index (χ0v) is 14.2. The van der Waals surface area contributed by atoms with E-state index in [9.17, 15) is 0 Å². The van der Waals surface area contributed by atoms with E-state index in [1.807, 2.05) is 0 Å². The number of halogens is 1. The van der Waals surface area contributed by atoms with Gasteiger partial charge in [0.25, 0.3) is 0 Å². The van der Waals surface area contributed by atoms with E-state index in [0.717, 1.165) is 25.1 Å². The Morgan fingerprint density at radius 3 is 2.25 bits per heavy atom. The lowest BCUT2D eigenvalue weighted by atomic mass is 9.82. The number of aryl methyl sites for hydroxylation is 1. The van der Waals surface area contributed by atoms with E-state index in [2.05, 4.69) is 56.8 Å². The number of nitrogens with zero attached hydrogens (tertiary/aromatic N) is 2. The zero-order chi connectivity index (χ0) is 15.6. The standard InChI is InChI=1S/C15H27ClN4/c1-7-8-10-18-12(16)11(17)13(19-10)20-15(5,6)9-14(2,3)4/h7-9,17H2,1-6H3,(H,18,19,20). The van der Waals surface area contributed by atoms with Gasteiger partial charge in [0, 0.05) is 12.0 Å². The molecule has 20 heavy (non-hydrogen) atoms. The van der Waals surface area contributed by atoms with Crippen molar-refractivity contribution in [2.45, 2.75) is 66.3 Å². The third kappa shape index (κ3) is 5.16. The highest BCUT2D eigenvalue weighted by molar-refractivity contribution is 6.32. The average molecular weight is 299 g/mol. The van der Waals surface area contributed by atoms with Crippen molar-refractivity contribution in [2.75, 3.05) is 11.1 Å². The van der Waals surface area contributed by atoms with E-state index in [0.29, 0.717) is 16.7 Å². The lowest BCUT2D eigenvalue weighted by molar-refractivity contribution is 0.302. The summed E-state index contributed by atoms with van der Waals surface area (Å²) in [6.07, 6.45) is 2.77. The average Bonchev–Trinajstić information content (AvgIpc) is 2.21. The van der Waals surface area contributed by atoms with Crippen LogP contribution in [0.2, 0.25) is 5.15 Å². The number of nitrogens with one attached hydrogen (secondary N) is 1. The molecule has 0 fully saturated rings. The number of aromatic nitrogens is 2. The van der Waals surface area contributed by atoms with Gasteiger partial charge in [0.05, 0.1) is 0 Å². The Balaban J connectivity index is 3.01. The third-order valence-corrected chi connectivity index (χ3v) is 3.14. The highest BCUT2D eigenvalue weighted by Gasteiger charge is 2.27. The van der Waals surface area contributed by atoms with E-state index >= 15 is 0 Å². The fourth-order valence-corrected chi connectivity index (χ4v) is 2.79. The molecule has 3 N–H and O–H groups in total. The molecule has 0 saturated heterocycles. The van der Waals surface area contributed by atoms with Crippen LogP contribution >= 0.6 is 11.6 Å². The minimum Gasteiger partial charge on any atom is -0.393 e. The van der Waals surface area contributed by atoms with Crippen LogP contribution in [0.3, 0.4) is 0 Å². The lowest BCUT2D eigenvalue weighted by Crippen LogP contribution is -2.36. The summed E-state index contributed by atoms with van der Waals surface area (Å²) in [5.74, 6) is 1.38. The highest BCUT2D eigenvalue weighted by Crippen LogP contribution is 2.32. The second-order valence-corrected chi connectivity index (χ2v) is 7.55. The first-order valence-corrected chi connectivity index (χ1v) is 7.52. The summed E-state index contributed by atoms with van der Waals surface area (Å²) >= 11 is 6.10. The molecule has 0 spiro atoms. The molecule has 0 bridgehead atoms. The predicted octanol–water partition coefficient (Wildman–Crippen LogP) is 4.29. The van der Waals surface area contributed by atoms with Gasteiger partial charge in [-0.05, 0) is 32.1 Å². The van der Waals surface area contributed by atoms with E-state index in [-0.39, 0.29) is 11.0 Å². The largest absolute Gasteiger partial charge is 0.393 e. The van der Waals surface area contributed by atoms with Gasteiger partial charge in [0.2, 0.25) is 0 Å². The summed E-state index contributed by atoms with van der Waals surface area (Å²) < 4.78 is 0. The predicted molar refractivity (Wildman–Crippen MR) is 87.2 cm³/mol. The molecule has 1 rings (SSSR count). The summed E-state index contributed by atoms with van der Waals surface area (Å²) in [4.78, 5) is 8.72. The molecule has 1 aromatic heterocycles. The van der Waals surface area contributed by atoms with Gasteiger partial charge in [-0.3, -0.25) is 0 Å². The van der Waals surface area contributed by atoms with E-state index in [4.69, 9.17) is 17.3 Å². The van der Waals surface area contributed by atoms with Crippen molar-refractivity contribution >= 4 is 23.1 Å². The van der Waals surface area contributed by atoms with Crippen LogP contribution in [-0.2, 0) is 6.42 Å². The van der Waals surface area contributed by atoms with Gasteiger partial charge in [-0.25, -0.2) is 9.97 Å². The number of nitrogens with two attached hydrogens (primary N) is 1. The fourth-order valence-electron chi connectivity index (χ4n) is 2.61. The summed E-state index contributed by atoms with van der Waals surface area (Å²) in [7, 11) is 0. The third-order valence-electron chi connectivity index (χ3n) is 2.85. The topological polar surface area (TPSA) is 63.8 Å². The molecule has 0 aliphatic heterocycles. The first-order chi connectivity index (χ1) is 9.04. The van der Waals surface area contributed by atoms with Crippen LogP contribution in [0, 0.1) is 5.41 Å². The van der Waals surface area contributed by atoms with Crippen molar-refractivity contribution in [3.05, 3.63) is 11.0 Å². The van der Waals surface area contributed by atoms with Crippen LogP contribution in [-0.4, -0.2) is 15.5 Å². The van der Waals surface area contributed by atoms with E-state index < -0.39 is 0 Å². The smallest absolute Gasteiger partial charge is 0.157 e. The quantitative estimate of drug-likeness (QED) is 0.796. The minimum atomic E-state index is -0.118. The summed E-state index contributed by atoms with van der Waals surface area (Å²) in [6.45, 7) is 13.0. The molecule has 114 valence electrons. The maximum atomic E-state index is 6.10. The van der Waals surface area contributed by atoms with Gasteiger partial charge in [-0.1, -0.05) is 39.3 Å². The van der Waals surface area contributed by atoms with Crippen LogP contribution < -0.4 is 11.1 Å². The maximum absolute atomic E-state index is 6.10. The van der Waals surface area contributed by atoms with Gasteiger partial charge in [0.1, 0.15) is 11.5 Å². The molecule has 0 aliphatic carbocycles. The Hall–Kier alpha value is -1.03. The number of anilines is 2. The Morgan fingerprint density at radius 1 is 1.15 bits per heavy atom. The second-order valence-electron chi connectivity index (χ2n) is 7.19. The SMILES string of the molecule is CCCc1nc(Cl)c(N)c(NC(C)(C)CC(C)(C)C)n1. The molecule has 1 heterocycles. The fraction of sp³-hybridized carbons (Fsp3) is 0.733. The summed E-state index contributed by atoms with van der Waals surface area (Å²) in [5.41, 5.74) is 6.52. The van der Waals surface area contributed by atoms with E-state index in [1.165, 1.54) is 0 Å². The van der Waals surface area contributed by atoms with Gasteiger partial charge in [-0.15, -0.1) is 0 Å². The van der Waals surface area contributed by atoms with Crippen LogP contribution in [0.25, 0.3) is 0 Å². The Bertz CT molecular complexity index is 464. The highest BCUT2D eigenvalue weighted by atomic mass is 35.5. The molecule has 0 atom stereocenters. The molecule has 4 nitrogen and oxygen atoms in total. The molecular weight excluding hydrogens is 272 g/mol. The molecule has 0 unspecified atom stereocenters. The zero-order valence-electron chi connectivity index (χ0n) is 13.5. The lowest BCUT2D eigenvalue weighted by Gasteiger charge is -2.34. The van der Waals surface area contributed by atoms with Gasteiger partial charge >= 0.3 is 0 Å². The van der Waals surface area contributed by atoms with Gasteiger partial charge in [-0.2, -0.15) is 0 Å². The first kappa shape index (κ1) is 17.0. The van der Waals surface area contributed by atoms with Crippen molar-refractivity contribution in [2.24, 2.45) is 5.41 Å². The number of hydrogen-bond acceptors (Lipinski definition) is 4. The van der Waals surface area contributed by atoms with Crippen molar-refractivity contribution in [3.63, 3.8) is 0 Å². The van der Waals surface area contributed by atoms with Crippen molar-refractivity contribution in [1.82, 2.24) is 9.97 Å². The van der Waals surface area contributed by atoms with Crippen LogP contribution in [0.1, 0.15) is 60.2 Å². The maximum Gasteiger partial charge on any atom is 0.157 e. The Morgan fingerprint density at radius 2 is 1.75 bits per heavy atom. The first-order valence-electron chi connectivity index (χ1n) is 7.14. The Labute approximate surface area is 127 Å². The molecule has 0 radical (unpaired) electrons. The summed E-state index contributed by atoms with van der Waals surface area (Å²) in [6, 6.07) is 0. The normalized spacial score (nSPS) is 12.6. The van der Waals surface area contributed by atoms with Crippen LogP contribution in [0.15, 0.2) is 0 Å². The van der Waals surface area contributed by atoms with Crippen molar-refractivity contribution in [1.29, 1.82) is 0 Å². The molecule has 0 aromatic carbocycles. The van der Waals surface area contributed by atoms with Gasteiger partial charge < -0.3 is 11.1 Å². The summed E-state index contributed by atoms with van der Waals surface area (Å²) in [5, 5.41) is 3.75. The second kappa shape index (κ2) is 6.17. The van der Waals surface area contributed by atoms with Crippen molar-refractivity contribution in [3.8, 4) is 0 Å². The number of hydrogen-bond donors (Lipinski definition) is 2.